The molecule has 1 saturated heterocycles. The summed E-state index contributed by atoms with van der Waals surface area (Å²) in [7, 11) is 1.89. The van der Waals surface area contributed by atoms with Crippen LogP contribution in [-0.2, 0) is 4.79 Å². The van der Waals surface area contributed by atoms with Crippen LogP contribution >= 0.6 is 12.4 Å². The van der Waals surface area contributed by atoms with Crippen LogP contribution in [0.5, 0.6) is 0 Å². The van der Waals surface area contributed by atoms with Gasteiger partial charge in [-0.25, -0.2) is 0 Å². The minimum absolute atomic E-state index is 0. The van der Waals surface area contributed by atoms with Crippen molar-refractivity contribution in [3.63, 3.8) is 0 Å². The van der Waals surface area contributed by atoms with Crippen molar-refractivity contribution in [3.8, 4) is 0 Å². The normalized spacial score (nSPS) is 20.0. The number of piperidine rings is 1. The Morgan fingerprint density at radius 3 is 2.73 bits per heavy atom. The number of halogens is 1. The molecular weight excluding hydrogens is 298 g/mol. The summed E-state index contributed by atoms with van der Waals surface area (Å²) in [5, 5.41) is 0. The zero-order chi connectivity index (χ0) is 15.2. The van der Waals surface area contributed by atoms with Gasteiger partial charge in [0.25, 0.3) is 0 Å². The van der Waals surface area contributed by atoms with Crippen molar-refractivity contribution in [2.24, 2.45) is 11.7 Å². The molecule has 1 amide bonds. The van der Waals surface area contributed by atoms with Gasteiger partial charge >= 0.3 is 0 Å². The summed E-state index contributed by atoms with van der Waals surface area (Å²) in [5.41, 5.74) is 6.93. The highest BCUT2D eigenvalue weighted by molar-refractivity contribution is 5.85. The van der Waals surface area contributed by atoms with Crippen molar-refractivity contribution >= 4 is 18.3 Å². The van der Waals surface area contributed by atoms with E-state index in [1.165, 1.54) is 12.0 Å². The fourth-order valence-corrected chi connectivity index (χ4v) is 2.96. The van der Waals surface area contributed by atoms with Gasteiger partial charge in [0.15, 0.2) is 0 Å². The highest BCUT2D eigenvalue weighted by Gasteiger charge is 2.23. The Balaban J connectivity index is 0.00000242. The van der Waals surface area contributed by atoms with Crippen LogP contribution in [0.1, 0.15) is 31.4 Å². The van der Waals surface area contributed by atoms with Crippen molar-refractivity contribution in [1.29, 1.82) is 0 Å². The van der Waals surface area contributed by atoms with Gasteiger partial charge in [0.2, 0.25) is 5.91 Å². The van der Waals surface area contributed by atoms with Gasteiger partial charge in [-0.15, -0.1) is 12.4 Å². The summed E-state index contributed by atoms with van der Waals surface area (Å²) in [4.78, 5) is 16.6. The highest BCUT2D eigenvalue weighted by Crippen LogP contribution is 2.19. The van der Waals surface area contributed by atoms with Gasteiger partial charge in [0, 0.05) is 13.6 Å². The van der Waals surface area contributed by atoms with Gasteiger partial charge in [-0.3, -0.25) is 9.69 Å². The van der Waals surface area contributed by atoms with Gasteiger partial charge in [0.1, 0.15) is 0 Å². The average molecular weight is 326 g/mol. The van der Waals surface area contributed by atoms with Gasteiger partial charge < -0.3 is 10.6 Å². The van der Waals surface area contributed by atoms with Crippen LogP contribution < -0.4 is 5.73 Å². The molecule has 5 heteroatoms. The number of rotatable bonds is 5. The number of nitrogens with zero attached hydrogens (tertiary/aromatic N) is 2. The lowest BCUT2D eigenvalue weighted by molar-refractivity contribution is -0.133. The SMILES string of the molecule is CC(c1ccccc1)N(C)C(=O)CN1CCCC(CN)C1.Cl. The Hall–Kier alpha value is -1.10. The Morgan fingerprint density at radius 2 is 2.09 bits per heavy atom. The van der Waals surface area contributed by atoms with E-state index >= 15 is 0 Å². The summed E-state index contributed by atoms with van der Waals surface area (Å²) in [6.07, 6.45) is 2.34. The van der Waals surface area contributed by atoms with Crippen molar-refractivity contribution in [2.45, 2.75) is 25.8 Å². The van der Waals surface area contributed by atoms with E-state index in [-0.39, 0.29) is 24.4 Å². The number of likely N-dealkylation sites (tertiary alicyclic amines) is 1. The van der Waals surface area contributed by atoms with Crippen LogP contribution in [0.2, 0.25) is 0 Å². The number of nitrogens with two attached hydrogens (primary N) is 1. The summed E-state index contributed by atoms with van der Waals surface area (Å²) in [6.45, 7) is 5.27. The van der Waals surface area contributed by atoms with E-state index in [1.807, 2.05) is 30.1 Å². The molecule has 1 aromatic rings. The van der Waals surface area contributed by atoms with E-state index in [4.69, 9.17) is 5.73 Å². The van der Waals surface area contributed by atoms with Crippen LogP contribution in [-0.4, -0.2) is 48.9 Å². The largest absolute Gasteiger partial charge is 0.338 e. The molecule has 1 aromatic carbocycles. The first-order chi connectivity index (χ1) is 10.1. The highest BCUT2D eigenvalue weighted by atomic mass is 35.5. The lowest BCUT2D eigenvalue weighted by atomic mass is 9.98. The third-order valence-corrected chi connectivity index (χ3v) is 4.55. The first-order valence-electron chi connectivity index (χ1n) is 7.85. The summed E-state index contributed by atoms with van der Waals surface area (Å²) in [6, 6.07) is 10.3. The summed E-state index contributed by atoms with van der Waals surface area (Å²) >= 11 is 0. The molecule has 4 nitrogen and oxygen atoms in total. The minimum Gasteiger partial charge on any atom is -0.338 e. The Kier molecular flexibility index (Phi) is 7.87. The summed E-state index contributed by atoms with van der Waals surface area (Å²) in [5.74, 6) is 0.729. The number of amides is 1. The number of likely N-dealkylation sites (N-methyl/N-ethyl adjacent to an activating group) is 1. The van der Waals surface area contributed by atoms with Crippen molar-refractivity contribution in [2.75, 3.05) is 33.2 Å². The Bertz CT molecular complexity index is 454. The molecule has 0 aromatic heterocycles. The molecule has 1 fully saturated rings. The van der Waals surface area contributed by atoms with E-state index in [2.05, 4.69) is 24.0 Å². The van der Waals surface area contributed by atoms with E-state index in [9.17, 15) is 4.79 Å². The topological polar surface area (TPSA) is 49.6 Å². The number of hydrogen-bond acceptors (Lipinski definition) is 3. The van der Waals surface area contributed by atoms with Crippen LogP contribution in [0.15, 0.2) is 30.3 Å². The molecule has 0 spiro atoms. The van der Waals surface area contributed by atoms with E-state index in [0.29, 0.717) is 12.5 Å². The van der Waals surface area contributed by atoms with Crippen LogP contribution in [0.25, 0.3) is 0 Å². The van der Waals surface area contributed by atoms with Gasteiger partial charge in [-0.05, 0) is 44.3 Å². The lowest BCUT2D eigenvalue weighted by Gasteiger charge is -2.34. The monoisotopic (exact) mass is 325 g/mol. The van der Waals surface area contributed by atoms with Crippen LogP contribution in [0, 0.1) is 5.92 Å². The lowest BCUT2D eigenvalue weighted by Crippen LogP contribution is -2.44. The van der Waals surface area contributed by atoms with Gasteiger partial charge in [-0.2, -0.15) is 0 Å². The molecule has 2 rings (SSSR count). The van der Waals surface area contributed by atoms with E-state index in [0.717, 1.165) is 26.1 Å². The molecule has 1 aliphatic heterocycles. The predicted octanol–water partition coefficient (Wildman–Crippen LogP) is 2.30. The smallest absolute Gasteiger partial charge is 0.236 e. The second-order valence-corrected chi connectivity index (χ2v) is 6.07. The maximum absolute atomic E-state index is 12.5. The van der Waals surface area contributed by atoms with Crippen molar-refractivity contribution < 1.29 is 4.79 Å². The molecule has 22 heavy (non-hydrogen) atoms. The molecular formula is C17H28ClN3O. The quantitative estimate of drug-likeness (QED) is 0.903. The maximum Gasteiger partial charge on any atom is 0.236 e. The zero-order valence-electron chi connectivity index (χ0n) is 13.6. The number of carbonyl (C=O) groups excluding carboxylic acids is 1. The molecule has 0 radical (unpaired) electrons. The number of hydrogen-bond donors (Lipinski definition) is 1. The molecule has 2 atom stereocenters. The van der Waals surface area contributed by atoms with E-state index < -0.39 is 0 Å². The predicted molar refractivity (Wildman–Crippen MR) is 93.1 cm³/mol. The Morgan fingerprint density at radius 1 is 1.41 bits per heavy atom. The zero-order valence-corrected chi connectivity index (χ0v) is 14.4. The Labute approximate surface area is 140 Å². The second kappa shape index (κ2) is 9.13. The molecule has 0 bridgehead atoms. The first-order valence-corrected chi connectivity index (χ1v) is 7.85. The fourth-order valence-electron chi connectivity index (χ4n) is 2.96. The average Bonchev–Trinajstić information content (AvgIpc) is 2.54. The standard InChI is InChI=1S/C17H27N3O.ClH/c1-14(16-8-4-3-5-9-16)19(2)17(21)13-20-10-6-7-15(11-18)12-20;/h3-5,8-9,14-15H,6-7,10-13,18H2,1-2H3;1H. The number of benzene rings is 1. The third-order valence-electron chi connectivity index (χ3n) is 4.55. The van der Waals surface area contributed by atoms with Gasteiger partial charge in [0.05, 0.1) is 12.6 Å². The molecule has 0 aliphatic carbocycles. The van der Waals surface area contributed by atoms with Crippen molar-refractivity contribution in [1.82, 2.24) is 9.80 Å². The van der Waals surface area contributed by atoms with Gasteiger partial charge in [-0.1, -0.05) is 30.3 Å². The van der Waals surface area contributed by atoms with Crippen LogP contribution in [0.3, 0.4) is 0 Å². The molecule has 124 valence electrons. The fraction of sp³-hybridized carbons (Fsp3) is 0.588. The van der Waals surface area contributed by atoms with Crippen molar-refractivity contribution in [3.05, 3.63) is 35.9 Å². The second-order valence-electron chi connectivity index (χ2n) is 6.07. The molecule has 2 N–H and O–H groups in total. The summed E-state index contributed by atoms with van der Waals surface area (Å²) < 4.78 is 0. The molecule has 0 saturated carbocycles. The minimum atomic E-state index is 0. The number of carbonyl (C=O) groups is 1. The first kappa shape index (κ1) is 18.9. The molecule has 1 heterocycles. The third kappa shape index (κ3) is 4.97. The van der Waals surface area contributed by atoms with Crippen LogP contribution in [0.4, 0.5) is 0 Å². The molecule has 2 unspecified atom stereocenters. The maximum atomic E-state index is 12.5. The van der Waals surface area contributed by atoms with E-state index in [1.54, 1.807) is 0 Å². The molecule has 1 aliphatic rings.